The number of rotatable bonds is 8. The van der Waals surface area contributed by atoms with Crippen molar-refractivity contribution in [1.29, 1.82) is 0 Å². The summed E-state index contributed by atoms with van der Waals surface area (Å²) in [5.41, 5.74) is 3.76. The van der Waals surface area contributed by atoms with Gasteiger partial charge in [0.05, 0.1) is 30.6 Å². The molecule has 1 aliphatic heterocycles. The summed E-state index contributed by atoms with van der Waals surface area (Å²) in [5.74, 6) is 1.15. The van der Waals surface area contributed by atoms with Crippen LogP contribution in [0.15, 0.2) is 18.5 Å². The van der Waals surface area contributed by atoms with E-state index in [4.69, 9.17) is 30.8 Å². The number of hydrogen-bond acceptors (Lipinski definition) is 6. The summed E-state index contributed by atoms with van der Waals surface area (Å²) < 4.78 is 15.9. The van der Waals surface area contributed by atoms with E-state index in [1.807, 2.05) is 17.9 Å². The van der Waals surface area contributed by atoms with E-state index in [0.29, 0.717) is 11.8 Å². The minimum Gasteiger partial charge on any atom is -0.417 e. The molecule has 0 aromatic carbocycles. The molecule has 35 heavy (non-hydrogen) atoms. The summed E-state index contributed by atoms with van der Waals surface area (Å²) in [5, 5.41) is 5.46. The Labute approximate surface area is 214 Å². The Kier molecular flexibility index (Phi) is 7.73. The number of fused-ring (bicyclic) bond motifs is 1. The number of halogens is 1. The Balaban J connectivity index is 1.58. The zero-order valence-electron chi connectivity index (χ0n) is 22.1. The summed E-state index contributed by atoms with van der Waals surface area (Å²) in [7, 11) is 0.206. The molecule has 1 fully saturated rings. The average molecular weight is 519 g/mol. The van der Waals surface area contributed by atoms with E-state index in [1.54, 1.807) is 6.20 Å². The van der Waals surface area contributed by atoms with Gasteiger partial charge in [-0.25, -0.2) is 9.97 Å². The van der Waals surface area contributed by atoms with Crippen LogP contribution in [-0.2, 0) is 22.8 Å². The molecular formula is C25H39ClN6O2Si. The van der Waals surface area contributed by atoms with Crippen molar-refractivity contribution in [2.45, 2.75) is 64.7 Å². The van der Waals surface area contributed by atoms with E-state index < -0.39 is 8.32 Å². The number of aryl methyl sites for hydroxylation is 1. The van der Waals surface area contributed by atoms with E-state index in [9.17, 15) is 0 Å². The molecule has 0 amide bonds. The highest BCUT2D eigenvalue weighted by molar-refractivity contribution is 6.74. The van der Waals surface area contributed by atoms with Crippen LogP contribution in [0.4, 0.5) is 0 Å². The molecule has 8 nitrogen and oxygen atoms in total. The minimum absolute atomic E-state index is 0.191. The molecule has 0 radical (unpaired) electrons. The van der Waals surface area contributed by atoms with Crippen LogP contribution in [0.3, 0.4) is 0 Å². The first-order valence-electron chi connectivity index (χ1n) is 12.5. The van der Waals surface area contributed by atoms with Crippen LogP contribution in [0.2, 0.25) is 23.3 Å². The molecule has 192 valence electrons. The van der Waals surface area contributed by atoms with Gasteiger partial charge in [0.15, 0.2) is 8.32 Å². The molecule has 1 atom stereocenters. The van der Waals surface area contributed by atoms with Gasteiger partial charge in [-0.1, -0.05) is 39.3 Å². The number of imidazole rings is 1. The molecule has 3 aromatic rings. The smallest absolute Gasteiger partial charge is 0.191 e. The first-order valence-corrected chi connectivity index (χ1v) is 15.8. The summed E-state index contributed by atoms with van der Waals surface area (Å²) in [6, 6.07) is 2.14. The zero-order valence-corrected chi connectivity index (χ0v) is 23.9. The van der Waals surface area contributed by atoms with E-state index >= 15 is 0 Å². The van der Waals surface area contributed by atoms with Crippen LogP contribution in [-0.4, -0.2) is 70.3 Å². The minimum atomic E-state index is -1.79. The molecule has 0 spiro atoms. The number of nitrogens with zero attached hydrogens (tertiary/aromatic N) is 6. The highest BCUT2D eigenvalue weighted by Gasteiger charge is 2.37. The molecule has 0 bridgehead atoms. The van der Waals surface area contributed by atoms with Gasteiger partial charge in [0.2, 0.25) is 0 Å². The molecule has 0 saturated carbocycles. The summed E-state index contributed by atoms with van der Waals surface area (Å²) in [6.07, 6.45) is 4.53. The fourth-order valence-corrected chi connectivity index (χ4v) is 5.32. The average Bonchev–Trinajstić information content (AvgIpc) is 3.33. The monoisotopic (exact) mass is 518 g/mol. The Morgan fingerprint density at radius 1 is 1.23 bits per heavy atom. The predicted molar refractivity (Wildman–Crippen MR) is 142 cm³/mol. The van der Waals surface area contributed by atoms with Gasteiger partial charge in [-0.05, 0) is 30.6 Å². The zero-order chi connectivity index (χ0) is 25.4. The van der Waals surface area contributed by atoms with Gasteiger partial charge in [-0.15, -0.1) is 0 Å². The molecule has 1 saturated heterocycles. The normalized spacial score (nSPS) is 16.8. The second kappa shape index (κ2) is 10.3. The van der Waals surface area contributed by atoms with Gasteiger partial charge in [-0.3, -0.25) is 14.0 Å². The van der Waals surface area contributed by atoms with Crippen molar-refractivity contribution in [3.05, 3.63) is 35.1 Å². The molecule has 3 aromatic heterocycles. The van der Waals surface area contributed by atoms with Gasteiger partial charge < -0.3 is 9.16 Å². The van der Waals surface area contributed by atoms with Gasteiger partial charge in [0.25, 0.3) is 0 Å². The third-order valence-corrected chi connectivity index (χ3v) is 12.2. The van der Waals surface area contributed by atoms with Crippen molar-refractivity contribution in [3.63, 3.8) is 0 Å². The van der Waals surface area contributed by atoms with E-state index in [2.05, 4.69) is 61.1 Å². The first-order chi connectivity index (χ1) is 16.5. The lowest BCUT2D eigenvalue weighted by molar-refractivity contribution is 0.0331. The maximum atomic E-state index is 6.44. The van der Waals surface area contributed by atoms with Crippen LogP contribution in [0, 0.1) is 0 Å². The molecule has 4 rings (SSSR count). The Morgan fingerprint density at radius 2 is 1.94 bits per heavy atom. The lowest BCUT2D eigenvalue weighted by Gasteiger charge is -2.36. The van der Waals surface area contributed by atoms with Crippen LogP contribution in [0.1, 0.15) is 51.6 Å². The second-order valence-corrected chi connectivity index (χ2v) is 16.3. The van der Waals surface area contributed by atoms with Crippen LogP contribution >= 0.6 is 11.6 Å². The lowest BCUT2D eigenvalue weighted by atomic mass is 10.1. The maximum Gasteiger partial charge on any atom is 0.191 e. The van der Waals surface area contributed by atoms with Gasteiger partial charge in [0.1, 0.15) is 22.4 Å². The maximum absolute atomic E-state index is 6.44. The summed E-state index contributed by atoms with van der Waals surface area (Å²) in [4.78, 5) is 11.8. The van der Waals surface area contributed by atoms with Crippen LogP contribution in [0.5, 0.6) is 0 Å². The Hall–Kier alpha value is -1.78. The fraction of sp³-hybridized carbons (Fsp3) is 0.640. The van der Waals surface area contributed by atoms with Crippen molar-refractivity contribution >= 4 is 25.4 Å². The van der Waals surface area contributed by atoms with E-state index in [-0.39, 0.29) is 11.0 Å². The molecule has 1 aliphatic rings. The largest absolute Gasteiger partial charge is 0.417 e. The van der Waals surface area contributed by atoms with Crippen LogP contribution in [0.25, 0.3) is 16.9 Å². The topological polar surface area (TPSA) is 69.7 Å². The van der Waals surface area contributed by atoms with Gasteiger partial charge in [-0.2, -0.15) is 5.10 Å². The number of ether oxygens (including phenoxy) is 1. The van der Waals surface area contributed by atoms with E-state index in [1.165, 1.54) is 0 Å². The molecule has 4 heterocycles. The summed E-state index contributed by atoms with van der Waals surface area (Å²) >= 11 is 6.29. The molecule has 10 heteroatoms. The van der Waals surface area contributed by atoms with Crippen LogP contribution < -0.4 is 0 Å². The number of aromatic nitrogens is 5. The van der Waals surface area contributed by atoms with Crippen molar-refractivity contribution in [3.8, 4) is 11.4 Å². The summed E-state index contributed by atoms with van der Waals surface area (Å²) in [6.45, 7) is 18.6. The fourth-order valence-electron chi connectivity index (χ4n) is 4.12. The predicted octanol–water partition coefficient (Wildman–Crippen LogP) is 5.13. The van der Waals surface area contributed by atoms with Crippen molar-refractivity contribution in [1.82, 2.24) is 29.0 Å². The van der Waals surface area contributed by atoms with Crippen molar-refractivity contribution < 1.29 is 9.16 Å². The van der Waals surface area contributed by atoms with E-state index in [0.717, 1.165) is 67.7 Å². The standard InChI is InChI=1S/C25H39ClN6O2Si/c1-18(8-11-34-35(6,7)25(2,3)4)24-28-23(21-15-27-22(26)17-32(21)24)20-14-19(30(5)29-20)16-31-9-12-33-13-10-31/h14-15,17-18H,8-13,16H2,1-7H3/t18-/m0/s1. The molecule has 0 aliphatic carbocycles. The SMILES string of the molecule is C[C@@H](CCO[Si](C)(C)C(C)(C)C)c1nc(-c2cc(CN3CCOCC3)n(C)n2)c2cnc(Cl)cn12. The Morgan fingerprint density at radius 3 is 2.63 bits per heavy atom. The highest BCUT2D eigenvalue weighted by atomic mass is 35.5. The molecule has 0 N–H and O–H groups in total. The third kappa shape index (κ3) is 5.80. The quantitative estimate of drug-likeness (QED) is 0.385. The highest BCUT2D eigenvalue weighted by Crippen LogP contribution is 2.37. The second-order valence-electron chi connectivity index (χ2n) is 11.1. The third-order valence-electron chi connectivity index (χ3n) is 7.49. The first kappa shape index (κ1) is 26.3. The molecular weight excluding hydrogens is 480 g/mol. The van der Waals surface area contributed by atoms with Crippen molar-refractivity contribution in [2.75, 3.05) is 32.9 Å². The van der Waals surface area contributed by atoms with Gasteiger partial charge >= 0.3 is 0 Å². The number of morpholine rings is 1. The van der Waals surface area contributed by atoms with Crippen molar-refractivity contribution in [2.24, 2.45) is 7.05 Å². The number of hydrogen-bond donors (Lipinski definition) is 0. The Bertz CT molecular complexity index is 1160. The lowest BCUT2D eigenvalue weighted by Crippen LogP contribution is -2.41. The van der Waals surface area contributed by atoms with Gasteiger partial charge in [0, 0.05) is 45.4 Å². The molecule has 0 unspecified atom stereocenters.